The van der Waals surface area contributed by atoms with E-state index in [1.807, 2.05) is 0 Å². The van der Waals surface area contributed by atoms with Crippen molar-refractivity contribution in [1.29, 1.82) is 0 Å². The average Bonchev–Trinajstić information content (AvgIpc) is 2.51. The van der Waals surface area contributed by atoms with E-state index in [4.69, 9.17) is 23.2 Å². The van der Waals surface area contributed by atoms with Crippen molar-refractivity contribution in [2.75, 3.05) is 31.5 Å². The van der Waals surface area contributed by atoms with Crippen LogP contribution in [0.5, 0.6) is 0 Å². The molecule has 0 unspecified atom stereocenters. The van der Waals surface area contributed by atoms with Gasteiger partial charge in [0.2, 0.25) is 5.91 Å². The Hall–Kier alpha value is -0.810. The second kappa shape index (κ2) is 8.73. The molecule has 1 amide bonds. The third-order valence-corrected chi connectivity index (χ3v) is 4.45. The highest BCUT2D eigenvalue weighted by molar-refractivity contribution is 6.35. The summed E-state index contributed by atoms with van der Waals surface area (Å²) < 4.78 is 0. The van der Waals surface area contributed by atoms with E-state index in [2.05, 4.69) is 22.5 Å². The first-order valence-corrected chi connectivity index (χ1v) is 8.55. The number of halogens is 2. The first kappa shape index (κ1) is 17.5. The number of nitrogens with one attached hydrogen (secondary N) is 2. The highest BCUT2D eigenvalue weighted by atomic mass is 35.5. The number of nitrogens with zero attached hydrogens (tertiary/aromatic N) is 1. The minimum atomic E-state index is -0.0452. The van der Waals surface area contributed by atoms with Gasteiger partial charge in [0, 0.05) is 11.1 Å². The van der Waals surface area contributed by atoms with Crippen molar-refractivity contribution in [3.63, 3.8) is 0 Å². The van der Waals surface area contributed by atoms with E-state index >= 15 is 0 Å². The van der Waals surface area contributed by atoms with Crippen LogP contribution in [0.25, 0.3) is 0 Å². The lowest BCUT2D eigenvalue weighted by Crippen LogP contribution is -2.46. The zero-order valence-corrected chi connectivity index (χ0v) is 14.4. The number of anilines is 1. The van der Waals surface area contributed by atoms with Gasteiger partial charge in [0.15, 0.2) is 0 Å². The van der Waals surface area contributed by atoms with E-state index in [0.717, 1.165) is 38.9 Å². The number of amides is 1. The van der Waals surface area contributed by atoms with Gasteiger partial charge in [0.25, 0.3) is 0 Å². The van der Waals surface area contributed by atoms with Gasteiger partial charge in [-0.25, -0.2) is 0 Å². The average molecular weight is 344 g/mol. The van der Waals surface area contributed by atoms with Gasteiger partial charge in [-0.05, 0) is 57.1 Å². The van der Waals surface area contributed by atoms with Crippen LogP contribution in [0.3, 0.4) is 0 Å². The van der Waals surface area contributed by atoms with E-state index < -0.39 is 0 Å². The lowest BCUT2D eigenvalue weighted by atomic mass is 10.0. The van der Waals surface area contributed by atoms with Gasteiger partial charge in [-0.2, -0.15) is 0 Å². The number of carbonyl (C=O) groups excluding carboxylic acids is 1. The largest absolute Gasteiger partial charge is 0.324 e. The van der Waals surface area contributed by atoms with Crippen LogP contribution in [0.4, 0.5) is 5.69 Å². The molecule has 2 N–H and O–H groups in total. The third-order valence-electron chi connectivity index (χ3n) is 3.89. The molecule has 1 heterocycles. The van der Waals surface area contributed by atoms with Gasteiger partial charge >= 0.3 is 0 Å². The molecule has 0 bridgehead atoms. The standard InChI is InChI=1S/C16H23Cl2N3O/c1-2-9-21(13-5-7-19-8-6-13)11-16(22)20-15-10-12(17)3-4-14(15)18/h3-4,10,13,19H,2,5-9,11H2,1H3,(H,20,22). The third kappa shape index (κ3) is 5.13. The number of hydrogen-bond donors (Lipinski definition) is 2. The summed E-state index contributed by atoms with van der Waals surface area (Å²) in [7, 11) is 0. The first-order chi connectivity index (χ1) is 10.6. The maximum absolute atomic E-state index is 12.3. The van der Waals surface area contributed by atoms with Crippen molar-refractivity contribution >= 4 is 34.8 Å². The molecule has 1 fully saturated rings. The van der Waals surface area contributed by atoms with Crippen LogP contribution in [0.2, 0.25) is 10.0 Å². The second-order valence-corrected chi connectivity index (χ2v) is 6.47. The number of piperidine rings is 1. The summed E-state index contributed by atoms with van der Waals surface area (Å²) in [4.78, 5) is 14.6. The summed E-state index contributed by atoms with van der Waals surface area (Å²) in [6.45, 7) is 5.50. The fourth-order valence-corrected chi connectivity index (χ4v) is 3.15. The molecule has 0 atom stereocenters. The quantitative estimate of drug-likeness (QED) is 0.831. The zero-order valence-electron chi connectivity index (χ0n) is 12.9. The number of rotatable bonds is 6. The van der Waals surface area contributed by atoms with Crippen LogP contribution in [-0.2, 0) is 4.79 Å². The van der Waals surface area contributed by atoms with Crippen LogP contribution >= 0.6 is 23.2 Å². The van der Waals surface area contributed by atoms with Crippen molar-refractivity contribution in [3.05, 3.63) is 28.2 Å². The Bertz CT molecular complexity index is 504. The summed E-state index contributed by atoms with van der Waals surface area (Å²) in [6.07, 6.45) is 3.21. The predicted octanol–water partition coefficient (Wildman–Crippen LogP) is 3.40. The molecular formula is C16H23Cl2N3O. The predicted molar refractivity (Wildman–Crippen MR) is 92.8 cm³/mol. The molecule has 0 spiro atoms. The van der Waals surface area contributed by atoms with Crippen molar-refractivity contribution < 1.29 is 4.79 Å². The maximum atomic E-state index is 12.3. The molecule has 6 heteroatoms. The molecule has 1 aromatic rings. The summed E-state index contributed by atoms with van der Waals surface area (Å²) in [5.74, 6) is -0.0452. The second-order valence-electron chi connectivity index (χ2n) is 5.62. The van der Waals surface area contributed by atoms with Crippen LogP contribution < -0.4 is 10.6 Å². The van der Waals surface area contributed by atoms with E-state index in [1.54, 1.807) is 18.2 Å². The van der Waals surface area contributed by atoms with Gasteiger partial charge in [0.1, 0.15) is 0 Å². The fraction of sp³-hybridized carbons (Fsp3) is 0.562. The summed E-state index contributed by atoms with van der Waals surface area (Å²) in [5.41, 5.74) is 0.570. The number of hydrogen-bond acceptors (Lipinski definition) is 3. The monoisotopic (exact) mass is 343 g/mol. The minimum Gasteiger partial charge on any atom is -0.324 e. The smallest absolute Gasteiger partial charge is 0.238 e. The molecule has 0 saturated carbocycles. The molecule has 122 valence electrons. The van der Waals surface area contributed by atoms with Crippen LogP contribution in [0.1, 0.15) is 26.2 Å². The summed E-state index contributed by atoms with van der Waals surface area (Å²) in [6, 6.07) is 5.55. The molecule has 22 heavy (non-hydrogen) atoms. The first-order valence-electron chi connectivity index (χ1n) is 7.80. The summed E-state index contributed by atoms with van der Waals surface area (Å²) >= 11 is 12.0. The normalized spacial score (nSPS) is 16.0. The van der Waals surface area contributed by atoms with Crippen molar-refractivity contribution in [1.82, 2.24) is 10.2 Å². The molecule has 0 aliphatic carbocycles. The fourth-order valence-electron chi connectivity index (χ4n) is 2.82. The van der Waals surface area contributed by atoms with Crippen molar-refractivity contribution in [2.45, 2.75) is 32.2 Å². The highest BCUT2D eigenvalue weighted by Gasteiger charge is 2.22. The number of carbonyl (C=O) groups is 1. The van der Waals surface area contributed by atoms with Gasteiger partial charge in [-0.1, -0.05) is 30.1 Å². The van der Waals surface area contributed by atoms with E-state index in [1.165, 1.54) is 0 Å². The van der Waals surface area contributed by atoms with E-state index in [-0.39, 0.29) is 5.91 Å². The molecule has 4 nitrogen and oxygen atoms in total. The maximum Gasteiger partial charge on any atom is 0.238 e. The van der Waals surface area contributed by atoms with Crippen LogP contribution in [0, 0.1) is 0 Å². The Morgan fingerprint density at radius 2 is 2.09 bits per heavy atom. The molecular weight excluding hydrogens is 321 g/mol. The molecule has 2 rings (SSSR count). The van der Waals surface area contributed by atoms with E-state index in [9.17, 15) is 4.79 Å². The molecule has 0 aromatic heterocycles. The van der Waals surface area contributed by atoms with E-state index in [0.29, 0.717) is 28.3 Å². The Morgan fingerprint density at radius 3 is 2.77 bits per heavy atom. The van der Waals surface area contributed by atoms with Gasteiger partial charge in [-0.15, -0.1) is 0 Å². The van der Waals surface area contributed by atoms with Gasteiger partial charge in [0.05, 0.1) is 17.3 Å². The molecule has 1 aliphatic heterocycles. The summed E-state index contributed by atoms with van der Waals surface area (Å²) in [5, 5.41) is 7.29. The minimum absolute atomic E-state index is 0.0452. The molecule has 1 aliphatic rings. The van der Waals surface area contributed by atoms with Crippen LogP contribution in [-0.4, -0.2) is 43.0 Å². The zero-order chi connectivity index (χ0) is 15.9. The lowest BCUT2D eigenvalue weighted by molar-refractivity contribution is -0.118. The molecule has 1 aromatic carbocycles. The Morgan fingerprint density at radius 1 is 1.36 bits per heavy atom. The van der Waals surface area contributed by atoms with Crippen molar-refractivity contribution in [2.24, 2.45) is 0 Å². The van der Waals surface area contributed by atoms with Crippen LogP contribution in [0.15, 0.2) is 18.2 Å². The van der Waals surface area contributed by atoms with Crippen molar-refractivity contribution in [3.8, 4) is 0 Å². The SMILES string of the molecule is CCCN(CC(=O)Nc1cc(Cl)ccc1Cl)C1CCNCC1. The topological polar surface area (TPSA) is 44.4 Å². The Kier molecular flexibility index (Phi) is 6.96. The Labute approximate surface area is 142 Å². The molecule has 1 saturated heterocycles. The highest BCUT2D eigenvalue weighted by Crippen LogP contribution is 2.25. The van der Waals surface area contributed by atoms with Gasteiger partial charge < -0.3 is 10.6 Å². The molecule has 0 radical (unpaired) electrons. The van der Waals surface area contributed by atoms with Gasteiger partial charge in [-0.3, -0.25) is 9.69 Å². The number of benzene rings is 1. The Balaban J connectivity index is 1.96. The lowest BCUT2D eigenvalue weighted by Gasteiger charge is -2.34.